The van der Waals surface area contributed by atoms with Crippen molar-refractivity contribution in [1.82, 2.24) is 9.78 Å². The molecule has 0 radical (unpaired) electrons. The van der Waals surface area contributed by atoms with Crippen LogP contribution in [0.1, 0.15) is 29.8 Å². The van der Waals surface area contributed by atoms with Crippen LogP contribution in [-0.4, -0.2) is 33.4 Å². The van der Waals surface area contributed by atoms with E-state index in [1.165, 1.54) is 4.68 Å². The Morgan fingerprint density at radius 1 is 1.27 bits per heavy atom. The minimum atomic E-state index is -4.49. The number of rotatable bonds is 5. The molecule has 0 spiro atoms. The number of hydrogen-bond donors (Lipinski definition) is 2. The summed E-state index contributed by atoms with van der Waals surface area (Å²) >= 11 is 11.9. The Bertz CT molecular complexity index is 792. The quantitative estimate of drug-likeness (QED) is 0.720. The fourth-order valence-electron chi connectivity index (χ4n) is 3.10. The summed E-state index contributed by atoms with van der Waals surface area (Å²) in [7, 11) is 0. The summed E-state index contributed by atoms with van der Waals surface area (Å²) < 4.78 is 41.3. The Balaban J connectivity index is 1.95. The fraction of sp³-hybridized carbons (Fsp3) is 0.471. The molecular weight excluding hydrogens is 390 g/mol. The SMILES string of the molecule is OC(CCl)CNc1ccc(-n2nc(C(F)(F)F)c3c2CCCC3)c(Cl)c1. The average Bonchev–Trinajstić information content (AvgIpc) is 2.99. The molecule has 0 bridgehead atoms. The summed E-state index contributed by atoms with van der Waals surface area (Å²) in [6.45, 7) is 0.245. The van der Waals surface area contributed by atoms with E-state index in [1.54, 1.807) is 18.2 Å². The predicted molar refractivity (Wildman–Crippen MR) is 95.4 cm³/mol. The summed E-state index contributed by atoms with van der Waals surface area (Å²) in [5.41, 5.74) is 1.07. The molecule has 0 saturated heterocycles. The Kier molecular flexibility index (Phi) is 5.69. The molecule has 1 aromatic carbocycles. The summed E-state index contributed by atoms with van der Waals surface area (Å²) in [6.07, 6.45) is -2.74. The van der Waals surface area contributed by atoms with Crippen LogP contribution in [0.3, 0.4) is 0 Å². The number of nitrogens with one attached hydrogen (secondary N) is 1. The monoisotopic (exact) mass is 407 g/mol. The van der Waals surface area contributed by atoms with Gasteiger partial charge in [0.05, 0.1) is 22.7 Å². The molecule has 9 heteroatoms. The topological polar surface area (TPSA) is 50.1 Å². The molecule has 142 valence electrons. The minimum absolute atomic E-state index is 0.0957. The fourth-order valence-corrected chi connectivity index (χ4v) is 3.47. The van der Waals surface area contributed by atoms with Crippen LogP contribution in [0.4, 0.5) is 18.9 Å². The highest BCUT2D eigenvalue weighted by atomic mass is 35.5. The molecule has 1 aliphatic rings. The average molecular weight is 408 g/mol. The van der Waals surface area contributed by atoms with Gasteiger partial charge in [-0.25, -0.2) is 4.68 Å². The van der Waals surface area contributed by atoms with Gasteiger partial charge in [-0.3, -0.25) is 0 Å². The van der Waals surface area contributed by atoms with Crippen molar-refractivity contribution in [3.8, 4) is 5.69 Å². The van der Waals surface area contributed by atoms with E-state index < -0.39 is 18.0 Å². The summed E-state index contributed by atoms with van der Waals surface area (Å²) in [5.74, 6) is 0.0957. The smallest absolute Gasteiger partial charge is 0.390 e. The maximum atomic E-state index is 13.3. The molecule has 1 aliphatic carbocycles. The van der Waals surface area contributed by atoms with E-state index in [4.69, 9.17) is 23.2 Å². The molecule has 2 N–H and O–H groups in total. The second-order valence-corrected chi connectivity index (χ2v) is 6.96. The van der Waals surface area contributed by atoms with Crippen molar-refractivity contribution in [2.24, 2.45) is 0 Å². The molecular formula is C17H18Cl2F3N3O. The van der Waals surface area contributed by atoms with Gasteiger partial charge >= 0.3 is 6.18 Å². The number of fused-ring (bicyclic) bond motifs is 1. The van der Waals surface area contributed by atoms with Gasteiger partial charge in [0.2, 0.25) is 0 Å². The van der Waals surface area contributed by atoms with Crippen molar-refractivity contribution in [3.63, 3.8) is 0 Å². The van der Waals surface area contributed by atoms with Crippen LogP contribution in [0.15, 0.2) is 18.2 Å². The zero-order valence-corrected chi connectivity index (χ0v) is 15.3. The summed E-state index contributed by atoms with van der Waals surface area (Å²) in [6, 6.07) is 4.91. The van der Waals surface area contributed by atoms with E-state index in [0.29, 0.717) is 29.9 Å². The van der Waals surface area contributed by atoms with Gasteiger partial charge in [-0.2, -0.15) is 18.3 Å². The van der Waals surface area contributed by atoms with Crippen LogP contribution >= 0.6 is 23.2 Å². The van der Waals surface area contributed by atoms with E-state index in [0.717, 1.165) is 12.8 Å². The molecule has 26 heavy (non-hydrogen) atoms. The van der Waals surface area contributed by atoms with E-state index >= 15 is 0 Å². The van der Waals surface area contributed by atoms with Crippen molar-refractivity contribution in [2.45, 2.75) is 38.0 Å². The molecule has 3 rings (SSSR count). The molecule has 0 amide bonds. The lowest BCUT2D eigenvalue weighted by Crippen LogP contribution is -2.20. The second-order valence-electron chi connectivity index (χ2n) is 6.25. The van der Waals surface area contributed by atoms with Gasteiger partial charge in [0.15, 0.2) is 5.69 Å². The lowest BCUT2D eigenvalue weighted by Gasteiger charge is -2.16. The third-order valence-corrected chi connectivity index (χ3v) is 5.00. The van der Waals surface area contributed by atoms with E-state index in [1.807, 2.05) is 0 Å². The molecule has 0 aliphatic heterocycles. The van der Waals surface area contributed by atoms with Crippen molar-refractivity contribution < 1.29 is 18.3 Å². The maximum Gasteiger partial charge on any atom is 0.435 e. The lowest BCUT2D eigenvalue weighted by molar-refractivity contribution is -0.142. The number of hydrogen-bond acceptors (Lipinski definition) is 3. The Labute approximate surface area is 158 Å². The third kappa shape index (κ3) is 3.94. The molecule has 1 heterocycles. The van der Waals surface area contributed by atoms with Crippen molar-refractivity contribution in [2.75, 3.05) is 17.7 Å². The number of nitrogens with zero attached hydrogens (tertiary/aromatic N) is 2. The number of aliphatic hydroxyl groups excluding tert-OH is 1. The number of aromatic nitrogens is 2. The van der Waals surface area contributed by atoms with Crippen molar-refractivity contribution >= 4 is 28.9 Å². The van der Waals surface area contributed by atoms with Crippen LogP contribution in [0.5, 0.6) is 0 Å². The molecule has 2 aromatic rings. The van der Waals surface area contributed by atoms with Gasteiger partial charge in [0.25, 0.3) is 0 Å². The Hall–Kier alpha value is -1.44. The van der Waals surface area contributed by atoms with Gasteiger partial charge in [-0.15, -0.1) is 11.6 Å². The molecule has 1 atom stereocenters. The largest absolute Gasteiger partial charge is 0.435 e. The highest BCUT2D eigenvalue weighted by Gasteiger charge is 2.39. The maximum absolute atomic E-state index is 13.3. The number of alkyl halides is 4. The minimum Gasteiger partial charge on any atom is -0.390 e. The summed E-state index contributed by atoms with van der Waals surface area (Å²) in [4.78, 5) is 0. The normalized spacial score (nSPS) is 15.6. The predicted octanol–water partition coefficient (Wildman–Crippen LogP) is 4.43. The summed E-state index contributed by atoms with van der Waals surface area (Å²) in [5, 5.41) is 16.6. The Morgan fingerprint density at radius 2 is 2.00 bits per heavy atom. The number of benzene rings is 1. The first-order valence-electron chi connectivity index (χ1n) is 8.27. The molecule has 1 aromatic heterocycles. The van der Waals surface area contributed by atoms with Gasteiger partial charge in [-0.1, -0.05) is 11.6 Å². The van der Waals surface area contributed by atoms with E-state index in [9.17, 15) is 18.3 Å². The highest BCUT2D eigenvalue weighted by molar-refractivity contribution is 6.32. The van der Waals surface area contributed by atoms with Crippen LogP contribution in [-0.2, 0) is 19.0 Å². The second kappa shape index (κ2) is 7.66. The van der Waals surface area contributed by atoms with E-state index in [2.05, 4.69) is 10.4 Å². The molecule has 0 saturated carbocycles. The highest BCUT2D eigenvalue weighted by Crippen LogP contribution is 2.38. The number of halogens is 5. The van der Waals surface area contributed by atoms with Gasteiger partial charge < -0.3 is 10.4 Å². The zero-order valence-electron chi connectivity index (χ0n) is 13.8. The van der Waals surface area contributed by atoms with Crippen LogP contribution < -0.4 is 5.32 Å². The van der Waals surface area contributed by atoms with Gasteiger partial charge in [0, 0.05) is 23.5 Å². The molecule has 4 nitrogen and oxygen atoms in total. The molecule has 1 unspecified atom stereocenters. The van der Waals surface area contributed by atoms with Crippen molar-refractivity contribution in [3.05, 3.63) is 40.2 Å². The zero-order chi connectivity index (χ0) is 18.9. The first-order chi connectivity index (χ1) is 12.3. The standard InChI is InChI=1S/C17H18Cl2F3N3O/c18-8-11(26)9-23-10-5-6-15(13(19)7-10)25-14-4-2-1-3-12(14)16(24-25)17(20,21)22/h5-7,11,23,26H,1-4,8-9H2. The molecule has 0 fully saturated rings. The van der Waals surface area contributed by atoms with E-state index in [-0.39, 0.29) is 23.0 Å². The lowest BCUT2D eigenvalue weighted by atomic mass is 9.95. The Morgan fingerprint density at radius 3 is 2.65 bits per heavy atom. The number of anilines is 1. The first-order valence-corrected chi connectivity index (χ1v) is 9.18. The van der Waals surface area contributed by atoms with Gasteiger partial charge in [-0.05, 0) is 43.9 Å². The number of aliphatic hydroxyl groups is 1. The van der Waals surface area contributed by atoms with Crippen molar-refractivity contribution in [1.29, 1.82) is 0 Å². The van der Waals surface area contributed by atoms with Crippen LogP contribution in [0, 0.1) is 0 Å². The van der Waals surface area contributed by atoms with Crippen LogP contribution in [0.2, 0.25) is 5.02 Å². The van der Waals surface area contributed by atoms with Crippen LogP contribution in [0.25, 0.3) is 5.69 Å². The first kappa shape index (κ1) is 19.3. The third-order valence-electron chi connectivity index (χ3n) is 4.34. The van der Waals surface area contributed by atoms with Gasteiger partial charge in [0.1, 0.15) is 0 Å².